The van der Waals surface area contributed by atoms with Gasteiger partial charge >= 0.3 is 5.97 Å². The molecular formula is C72H141NO5. The van der Waals surface area contributed by atoms with Crippen LogP contribution in [0.25, 0.3) is 0 Å². The molecular weight excluding hydrogens is 959 g/mol. The molecule has 0 heterocycles. The minimum atomic E-state index is -0.848. The highest BCUT2D eigenvalue weighted by molar-refractivity contribution is 5.76. The number of ether oxygens (including phenoxy) is 1. The van der Waals surface area contributed by atoms with Gasteiger partial charge in [0.25, 0.3) is 0 Å². The Labute approximate surface area is 489 Å². The molecule has 2 atom stereocenters. The van der Waals surface area contributed by atoms with Crippen LogP contribution in [-0.4, -0.2) is 47.4 Å². The number of unbranched alkanes of at least 4 members (excludes halogenated alkanes) is 57. The van der Waals surface area contributed by atoms with E-state index in [0.29, 0.717) is 19.4 Å². The van der Waals surface area contributed by atoms with E-state index in [1.165, 1.54) is 347 Å². The maximum absolute atomic E-state index is 12.5. The van der Waals surface area contributed by atoms with Gasteiger partial charge in [-0.15, -0.1) is 0 Å². The van der Waals surface area contributed by atoms with Crippen LogP contribution in [0, 0.1) is 0 Å². The second-order valence-electron chi connectivity index (χ2n) is 24.9. The Bertz CT molecular complexity index is 1180. The third-order valence-electron chi connectivity index (χ3n) is 17.1. The van der Waals surface area contributed by atoms with Gasteiger partial charge in [0.05, 0.1) is 25.4 Å². The predicted octanol–water partition coefficient (Wildman–Crippen LogP) is 23.1. The van der Waals surface area contributed by atoms with Gasteiger partial charge in [-0.05, 0) is 32.1 Å². The van der Waals surface area contributed by atoms with Gasteiger partial charge in [-0.3, -0.25) is 9.59 Å². The Morgan fingerprint density at radius 2 is 0.590 bits per heavy atom. The van der Waals surface area contributed by atoms with Gasteiger partial charge in [0.1, 0.15) is 0 Å². The molecule has 0 saturated heterocycles. The van der Waals surface area contributed by atoms with Gasteiger partial charge in [-0.2, -0.15) is 0 Å². The first-order chi connectivity index (χ1) is 38.5. The molecule has 0 rings (SSSR count). The van der Waals surface area contributed by atoms with Crippen LogP contribution in [0.4, 0.5) is 0 Å². The van der Waals surface area contributed by atoms with E-state index in [1.54, 1.807) is 6.08 Å². The number of carbonyl (C=O) groups excluding carboxylic acids is 2. The van der Waals surface area contributed by atoms with Gasteiger partial charge in [0, 0.05) is 12.8 Å². The zero-order valence-electron chi connectivity index (χ0n) is 53.2. The summed E-state index contributed by atoms with van der Waals surface area (Å²) in [4.78, 5) is 24.7. The van der Waals surface area contributed by atoms with Crippen LogP contribution in [0.2, 0.25) is 0 Å². The van der Waals surface area contributed by atoms with E-state index in [4.69, 9.17) is 4.74 Å². The lowest BCUT2D eigenvalue weighted by Crippen LogP contribution is -2.45. The number of hydrogen-bond donors (Lipinski definition) is 3. The number of allylic oxidation sites excluding steroid dienone is 1. The van der Waals surface area contributed by atoms with E-state index in [2.05, 4.69) is 19.2 Å². The van der Waals surface area contributed by atoms with E-state index in [9.17, 15) is 19.8 Å². The molecule has 0 bridgehead atoms. The van der Waals surface area contributed by atoms with Crippen molar-refractivity contribution in [2.24, 2.45) is 0 Å². The van der Waals surface area contributed by atoms with E-state index in [-0.39, 0.29) is 18.5 Å². The number of hydrogen-bond acceptors (Lipinski definition) is 5. The number of nitrogens with one attached hydrogen (secondary N) is 1. The zero-order valence-corrected chi connectivity index (χ0v) is 53.2. The Balaban J connectivity index is 3.40. The monoisotopic (exact) mass is 1100 g/mol. The van der Waals surface area contributed by atoms with Gasteiger partial charge < -0.3 is 20.3 Å². The molecule has 6 nitrogen and oxygen atoms in total. The third-order valence-corrected chi connectivity index (χ3v) is 17.1. The number of rotatable bonds is 68. The van der Waals surface area contributed by atoms with Gasteiger partial charge in [-0.25, -0.2) is 0 Å². The molecule has 2 unspecified atom stereocenters. The lowest BCUT2D eigenvalue weighted by atomic mass is 10.0. The van der Waals surface area contributed by atoms with Gasteiger partial charge in [0.2, 0.25) is 5.91 Å². The zero-order chi connectivity index (χ0) is 56.4. The molecule has 0 aromatic rings. The standard InChI is InChI=1S/C72H141NO5/c1-3-5-7-9-11-13-15-17-19-21-23-24-25-26-27-29-32-36-40-44-48-52-56-60-64-70(75)69(68-74)73-71(76)65-61-57-53-49-45-41-37-33-30-31-35-39-43-47-51-55-59-63-67-78-72(77)66-62-58-54-50-46-42-38-34-28-22-20-18-16-14-12-10-8-6-4-2/h60,64,69-70,74-75H,3-59,61-63,65-68H2,1-2H3,(H,73,76)/b64-60+. The van der Waals surface area contributed by atoms with Crippen LogP contribution < -0.4 is 5.32 Å². The van der Waals surface area contributed by atoms with Crippen molar-refractivity contribution in [3.05, 3.63) is 12.2 Å². The summed E-state index contributed by atoms with van der Waals surface area (Å²) < 4.78 is 5.51. The highest BCUT2D eigenvalue weighted by Gasteiger charge is 2.18. The van der Waals surface area contributed by atoms with Crippen LogP contribution in [0.5, 0.6) is 0 Å². The minimum Gasteiger partial charge on any atom is -0.466 e. The third kappa shape index (κ3) is 63.8. The van der Waals surface area contributed by atoms with Gasteiger partial charge in [0.15, 0.2) is 0 Å². The van der Waals surface area contributed by atoms with Crippen LogP contribution in [0.1, 0.15) is 412 Å². The van der Waals surface area contributed by atoms with E-state index in [1.807, 2.05) is 6.08 Å². The first kappa shape index (κ1) is 76.6. The normalized spacial score (nSPS) is 12.5. The fourth-order valence-corrected chi connectivity index (χ4v) is 11.6. The molecule has 0 aromatic carbocycles. The van der Waals surface area contributed by atoms with Crippen molar-refractivity contribution in [3.8, 4) is 0 Å². The van der Waals surface area contributed by atoms with E-state index >= 15 is 0 Å². The first-order valence-electron chi connectivity index (χ1n) is 36.0. The Hall–Kier alpha value is -1.40. The largest absolute Gasteiger partial charge is 0.466 e. The van der Waals surface area contributed by atoms with Crippen molar-refractivity contribution >= 4 is 11.9 Å². The predicted molar refractivity (Wildman–Crippen MR) is 343 cm³/mol. The maximum atomic E-state index is 12.5. The molecule has 3 N–H and O–H groups in total. The van der Waals surface area contributed by atoms with Crippen molar-refractivity contribution in [1.29, 1.82) is 0 Å². The molecule has 0 aliphatic carbocycles. The summed E-state index contributed by atoms with van der Waals surface area (Å²) in [5.41, 5.74) is 0. The molecule has 0 spiro atoms. The molecule has 6 heteroatoms. The number of esters is 1. The smallest absolute Gasteiger partial charge is 0.305 e. The summed E-state index contributed by atoms with van der Waals surface area (Å²) in [5.74, 6) is -0.0539. The van der Waals surface area contributed by atoms with E-state index < -0.39 is 12.1 Å². The van der Waals surface area contributed by atoms with E-state index in [0.717, 1.165) is 38.5 Å². The lowest BCUT2D eigenvalue weighted by Gasteiger charge is -2.20. The Kier molecular flexibility index (Phi) is 66.9. The molecule has 0 aliphatic heterocycles. The van der Waals surface area contributed by atoms with Crippen LogP contribution >= 0.6 is 0 Å². The van der Waals surface area contributed by atoms with Crippen LogP contribution in [0.15, 0.2) is 12.2 Å². The maximum Gasteiger partial charge on any atom is 0.305 e. The molecule has 78 heavy (non-hydrogen) atoms. The summed E-state index contributed by atoms with van der Waals surface area (Å²) in [6.45, 7) is 4.95. The average Bonchev–Trinajstić information content (AvgIpc) is 3.44. The number of amides is 1. The Morgan fingerprint density at radius 1 is 0.346 bits per heavy atom. The molecule has 0 radical (unpaired) electrons. The second kappa shape index (κ2) is 68.1. The Morgan fingerprint density at radius 3 is 0.872 bits per heavy atom. The van der Waals surface area contributed by atoms with Crippen molar-refractivity contribution in [3.63, 3.8) is 0 Å². The molecule has 0 aliphatic rings. The summed E-state index contributed by atoms with van der Waals surface area (Å²) in [7, 11) is 0. The fourth-order valence-electron chi connectivity index (χ4n) is 11.6. The summed E-state index contributed by atoms with van der Waals surface area (Å²) in [6.07, 6.45) is 84.3. The molecule has 0 fully saturated rings. The van der Waals surface area contributed by atoms with Crippen LogP contribution in [0.3, 0.4) is 0 Å². The fraction of sp³-hybridized carbons (Fsp3) is 0.944. The van der Waals surface area contributed by atoms with Gasteiger partial charge in [-0.1, -0.05) is 379 Å². The number of aliphatic hydroxyl groups is 2. The summed E-state index contributed by atoms with van der Waals surface area (Å²) >= 11 is 0. The lowest BCUT2D eigenvalue weighted by molar-refractivity contribution is -0.143. The topological polar surface area (TPSA) is 95.9 Å². The number of aliphatic hydroxyl groups excluding tert-OH is 2. The second-order valence-corrected chi connectivity index (χ2v) is 24.9. The average molecular weight is 1100 g/mol. The van der Waals surface area contributed by atoms with Crippen molar-refractivity contribution < 1.29 is 24.5 Å². The first-order valence-corrected chi connectivity index (χ1v) is 36.0. The van der Waals surface area contributed by atoms with Crippen molar-refractivity contribution in [2.75, 3.05) is 13.2 Å². The summed E-state index contributed by atoms with van der Waals surface area (Å²) in [5, 5.41) is 23.3. The highest BCUT2D eigenvalue weighted by Crippen LogP contribution is 2.19. The SMILES string of the molecule is CCCCCCCCCCCCCCCCCCCCCCCC/C=C/C(O)C(CO)NC(=O)CCCCCCCCCCCCCCCCCCCCOC(=O)CCCCCCCCCCCCCCCCCCCCC. The molecule has 0 aromatic heterocycles. The quantitative estimate of drug-likeness (QED) is 0.0320. The minimum absolute atomic E-state index is 0.0127. The number of carbonyl (C=O) groups is 2. The van der Waals surface area contributed by atoms with Crippen molar-refractivity contribution in [1.82, 2.24) is 5.32 Å². The van der Waals surface area contributed by atoms with Crippen LogP contribution in [-0.2, 0) is 14.3 Å². The highest BCUT2D eigenvalue weighted by atomic mass is 16.5. The summed E-state index contributed by atoms with van der Waals surface area (Å²) in [6, 6.07) is -0.632. The molecule has 1 amide bonds. The van der Waals surface area contributed by atoms with Crippen molar-refractivity contribution in [2.45, 2.75) is 424 Å². The molecule has 0 saturated carbocycles. The molecule has 464 valence electrons.